The van der Waals surface area contributed by atoms with Gasteiger partial charge < -0.3 is 0 Å². The van der Waals surface area contributed by atoms with E-state index in [0.29, 0.717) is 5.92 Å². The Morgan fingerprint density at radius 1 is 0.684 bits per heavy atom. The van der Waals surface area contributed by atoms with Gasteiger partial charge in [-0.15, -0.1) is 0 Å². The maximum absolute atomic E-state index is 2.62. The summed E-state index contributed by atoms with van der Waals surface area (Å²) in [5.41, 5.74) is 10.6. The number of aryl methyl sites for hydroxylation is 1. The molecule has 4 aromatic carbocycles. The summed E-state index contributed by atoms with van der Waals surface area (Å²) in [6.45, 7) is 4.59. The molecule has 2 heterocycles. The molecule has 1 aromatic heterocycles. The van der Waals surface area contributed by atoms with Crippen LogP contribution in [0.2, 0.25) is 0 Å². The third-order valence-corrected chi connectivity index (χ3v) is 9.10. The molecule has 1 fully saturated rings. The normalized spacial score (nSPS) is 18.8. The standard InChI is InChI=1S/C36H35N2/c1-26-16-12-14-24-32(26)37-27(2)34-36(29-19-8-4-9-20-29,30-21-10-5-11-22-30)31-23-13-15-25-33(31)38(34)35(37)28-17-6-3-7-18-28/h3-4,6-9,12-20,23-25,30H,5,10-11,21-22H2,1-2H3/q+1. The van der Waals surface area contributed by atoms with Crippen LogP contribution in [0.3, 0.4) is 0 Å². The molecule has 5 aromatic rings. The zero-order chi connectivity index (χ0) is 25.7. The molecular weight excluding hydrogens is 460 g/mol. The summed E-state index contributed by atoms with van der Waals surface area (Å²) < 4.78 is 5.16. The summed E-state index contributed by atoms with van der Waals surface area (Å²) in [6, 6.07) is 40.4. The van der Waals surface area contributed by atoms with E-state index in [0.717, 1.165) is 0 Å². The van der Waals surface area contributed by atoms with Crippen LogP contribution < -0.4 is 4.57 Å². The van der Waals surface area contributed by atoms with Crippen LogP contribution in [0, 0.1) is 19.8 Å². The molecule has 0 radical (unpaired) electrons. The Labute approximate surface area is 226 Å². The fraction of sp³-hybridized carbons (Fsp3) is 0.250. The van der Waals surface area contributed by atoms with Gasteiger partial charge in [0.2, 0.25) is 0 Å². The molecule has 2 aliphatic rings. The SMILES string of the molecule is Cc1ccccc1-n1c(C)c2[n+](c1-c1ccccc1)-c1ccccc1C2(c1ccccc1)C1CCCCC1. The van der Waals surface area contributed by atoms with Gasteiger partial charge in [-0.1, -0.05) is 104 Å². The van der Waals surface area contributed by atoms with E-state index in [4.69, 9.17) is 0 Å². The summed E-state index contributed by atoms with van der Waals surface area (Å²) in [6.07, 6.45) is 6.49. The molecule has 0 N–H and O–H groups in total. The molecule has 1 aliphatic carbocycles. The predicted molar refractivity (Wildman–Crippen MR) is 155 cm³/mol. The highest BCUT2D eigenvalue weighted by Crippen LogP contribution is 2.55. The van der Waals surface area contributed by atoms with Gasteiger partial charge in [-0.3, -0.25) is 0 Å². The second kappa shape index (κ2) is 9.13. The molecule has 1 atom stereocenters. The number of imidazole rings is 1. The van der Waals surface area contributed by atoms with Crippen molar-refractivity contribution in [2.24, 2.45) is 5.92 Å². The number of nitrogens with zero attached hydrogens (tertiary/aromatic N) is 2. The second-order valence-electron chi connectivity index (χ2n) is 11.1. The Kier molecular flexibility index (Phi) is 5.58. The monoisotopic (exact) mass is 495 g/mol. The van der Waals surface area contributed by atoms with E-state index in [1.54, 1.807) is 0 Å². The molecule has 38 heavy (non-hydrogen) atoms. The van der Waals surface area contributed by atoms with E-state index in [-0.39, 0.29) is 5.41 Å². The molecule has 0 saturated heterocycles. The second-order valence-corrected chi connectivity index (χ2v) is 11.1. The molecule has 2 nitrogen and oxygen atoms in total. The third-order valence-electron chi connectivity index (χ3n) is 9.10. The largest absolute Gasteiger partial charge is 0.299 e. The molecular formula is C36H35N2+. The van der Waals surface area contributed by atoms with Crippen LogP contribution in [0.4, 0.5) is 0 Å². The van der Waals surface area contributed by atoms with Crippen LogP contribution in [-0.2, 0) is 5.41 Å². The Morgan fingerprint density at radius 2 is 1.32 bits per heavy atom. The molecule has 188 valence electrons. The molecule has 7 rings (SSSR count). The Bertz CT molecular complexity index is 1610. The summed E-state index contributed by atoms with van der Waals surface area (Å²) in [5.74, 6) is 1.80. The number of aromatic nitrogens is 2. The smallest absolute Gasteiger partial charge is 0.192 e. The lowest BCUT2D eigenvalue weighted by molar-refractivity contribution is -0.587. The summed E-state index contributed by atoms with van der Waals surface area (Å²) in [7, 11) is 0. The van der Waals surface area contributed by atoms with Gasteiger partial charge in [0.05, 0.1) is 11.0 Å². The van der Waals surface area contributed by atoms with Gasteiger partial charge in [0, 0.05) is 12.5 Å². The molecule has 1 unspecified atom stereocenters. The van der Waals surface area contributed by atoms with E-state index in [1.165, 1.54) is 82.9 Å². The van der Waals surface area contributed by atoms with E-state index >= 15 is 0 Å². The first-order valence-corrected chi connectivity index (χ1v) is 14.2. The Morgan fingerprint density at radius 3 is 2.05 bits per heavy atom. The quantitative estimate of drug-likeness (QED) is 0.222. The molecule has 2 heteroatoms. The van der Waals surface area contributed by atoms with Gasteiger partial charge >= 0.3 is 0 Å². The van der Waals surface area contributed by atoms with Crippen LogP contribution in [0.25, 0.3) is 22.8 Å². The van der Waals surface area contributed by atoms with Gasteiger partial charge in [-0.05, 0) is 61.1 Å². The minimum absolute atomic E-state index is 0.181. The first kappa shape index (κ1) is 23.2. The van der Waals surface area contributed by atoms with Crippen LogP contribution in [0.5, 0.6) is 0 Å². The summed E-state index contributed by atoms with van der Waals surface area (Å²) in [5, 5.41) is 0. The van der Waals surface area contributed by atoms with E-state index in [1.807, 2.05) is 0 Å². The van der Waals surface area contributed by atoms with Gasteiger partial charge in [0.15, 0.2) is 11.4 Å². The zero-order valence-electron chi connectivity index (χ0n) is 22.4. The number of benzene rings is 4. The fourth-order valence-corrected chi connectivity index (χ4v) is 7.59. The van der Waals surface area contributed by atoms with E-state index < -0.39 is 0 Å². The zero-order valence-corrected chi connectivity index (χ0v) is 22.4. The van der Waals surface area contributed by atoms with Crippen molar-refractivity contribution in [2.45, 2.75) is 51.4 Å². The van der Waals surface area contributed by atoms with Crippen molar-refractivity contribution in [2.75, 3.05) is 0 Å². The lowest BCUT2D eigenvalue weighted by atomic mass is 9.60. The van der Waals surface area contributed by atoms with Crippen molar-refractivity contribution in [3.05, 3.63) is 137 Å². The first-order chi connectivity index (χ1) is 18.7. The number of hydrogen-bond donors (Lipinski definition) is 0. The lowest BCUT2D eigenvalue weighted by Crippen LogP contribution is -2.42. The molecule has 0 amide bonds. The van der Waals surface area contributed by atoms with Crippen molar-refractivity contribution < 1.29 is 4.57 Å². The Hall–Kier alpha value is -3.91. The van der Waals surface area contributed by atoms with Crippen molar-refractivity contribution in [3.8, 4) is 22.8 Å². The van der Waals surface area contributed by atoms with Gasteiger partial charge in [0.25, 0.3) is 5.82 Å². The van der Waals surface area contributed by atoms with Crippen molar-refractivity contribution in [1.29, 1.82) is 0 Å². The van der Waals surface area contributed by atoms with Gasteiger partial charge in [0.1, 0.15) is 11.4 Å². The predicted octanol–water partition coefficient (Wildman–Crippen LogP) is 8.27. The van der Waals surface area contributed by atoms with Crippen LogP contribution in [-0.4, -0.2) is 4.57 Å². The summed E-state index contributed by atoms with van der Waals surface area (Å²) >= 11 is 0. The van der Waals surface area contributed by atoms with Crippen LogP contribution >= 0.6 is 0 Å². The van der Waals surface area contributed by atoms with Gasteiger partial charge in [-0.2, -0.15) is 9.13 Å². The number of hydrogen-bond acceptors (Lipinski definition) is 0. The number of fused-ring (bicyclic) bond motifs is 3. The molecule has 1 aliphatic heterocycles. The van der Waals surface area contributed by atoms with Crippen LogP contribution in [0.15, 0.2) is 109 Å². The van der Waals surface area contributed by atoms with Crippen molar-refractivity contribution >= 4 is 0 Å². The van der Waals surface area contributed by atoms with E-state index in [9.17, 15) is 0 Å². The minimum atomic E-state index is -0.181. The van der Waals surface area contributed by atoms with Crippen molar-refractivity contribution in [1.82, 2.24) is 4.57 Å². The number of rotatable bonds is 4. The number of para-hydroxylation sites is 2. The topological polar surface area (TPSA) is 8.81 Å². The maximum atomic E-state index is 2.62. The van der Waals surface area contributed by atoms with Crippen LogP contribution in [0.1, 0.15) is 60.2 Å². The highest BCUT2D eigenvalue weighted by atomic mass is 15.2. The van der Waals surface area contributed by atoms with Crippen molar-refractivity contribution in [3.63, 3.8) is 0 Å². The van der Waals surface area contributed by atoms with Gasteiger partial charge in [-0.25, -0.2) is 0 Å². The average Bonchev–Trinajstić information content (AvgIpc) is 3.45. The third kappa shape index (κ3) is 3.22. The maximum Gasteiger partial charge on any atom is 0.299 e. The highest BCUT2D eigenvalue weighted by Gasteiger charge is 2.58. The molecule has 0 spiro atoms. The Balaban J connectivity index is 1.67. The van der Waals surface area contributed by atoms with E-state index in [2.05, 4.69) is 132 Å². The molecule has 0 bridgehead atoms. The average molecular weight is 496 g/mol. The lowest BCUT2D eigenvalue weighted by Gasteiger charge is -2.39. The fourth-order valence-electron chi connectivity index (χ4n) is 7.59. The highest BCUT2D eigenvalue weighted by molar-refractivity contribution is 5.66. The summed E-state index contributed by atoms with van der Waals surface area (Å²) in [4.78, 5) is 0. The molecule has 1 saturated carbocycles. The minimum Gasteiger partial charge on any atom is -0.192 e. The first-order valence-electron chi connectivity index (χ1n) is 14.2.